The van der Waals surface area contributed by atoms with Crippen LogP contribution >= 0.6 is 0 Å². The predicted octanol–water partition coefficient (Wildman–Crippen LogP) is 2.34. The van der Waals surface area contributed by atoms with Gasteiger partial charge in [-0.3, -0.25) is 4.98 Å². The van der Waals surface area contributed by atoms with E-state index in [2.05, 4.69) is 20.3 Å². The predicted molar refractivity (Wildman–Crippen MR) is 79.6 cm³/mol. The third-order valence-electron chi connectivity index (χ3n) is 3.26. The number of aryl methyl sites for hydroxylation is 1. The fraction of sp³-hybridized carbons (Fsp3) is 0.200. The molecule has 102 valence electrons. The molecule has 5 heteroatoms. The van der Waals surface area contributed by atoms with Gasteiger partial charge in [-0.05, 0) is 41.8 Å². The summed E-state index contributed by atoms with van der Waals surface area (Å²) in [7, 11) is 0. The largest absolute Gasteiger partial charge is 0.395 e. The highest BCUT2D eigenvalue weighted by Gasteiger charge is 2.10. The van der Waals surface area contributed by atoms with E-state index in [9.17, 15) is 0 Å². The summed E-state index contributed by atoms with van der Waals surface area (Å²) in [5.74, 6) is 0.750. The molecule has 0 spiro atoms. The zero-order chi connectivity index (χ0) is 13.9. The fourth-order valence-corrected chi connectivity index (χ4v) is 2.31. The second kappa shape index (κ2) is 5.30. The molecule has 5 nitrogen and oxygen atoms in total. The fourth-order valence-electron chi connectivity index (χ4n) is 2.31. The van der Waals surface area contributed by atoms with Gasteiger partial charge < -0.3 is 15.4 Å². The summed E-state index contributed by atoms with van der Waals surface area (Å²) in [6.45, 7) is 2.60. The lowest BCUT2D eigenvalue weighted by molar-refractivity contribution is 0.311. The highest BCUT2D eigenvalue weighted by molar-refractivity contribution is 5.95. The average molecular weight is 268 g/mol. The Hall–Kier alpha value is -2.40. The molecule has 0 saturated carbocycles. The first kappa shape index (κ1) is 12.6. The van der Waals surface area contributed by atoms with E-state index < -0.39 is 0 Å². The molecule has 3 aromatic heterocycles. The number of hydrogen-bond donors (Lipinski definition) is 3. The maximum Gasteiger partial charge on any atom is 0.140 e. The summed E-state index contributed by atoms with van der Waals surface area (Å²) in [4.78, 5) is 11.8. The molecule has 0 aliphatic carbocycles. The van der Waals surface area contributed by atoms with Gasteiger partial charge in [0.15, 0.2) is 0 Å². The number of aliphatic hydroxyl groups excluding tert-OH is 1. The van der Waals surface area contributed by atoms with Crippen LogP contribution in [0.5, 0.6) is 0 Å². The smallest absolute Gasteiger partial charge is 0.140 e. The normalized spacial score (nSPS) is 10.9. The molecule has 0 unspecified atom stereocenters. The molecule has 3 aromatic rings. The molecule has 0 saturated heterocycles. The lowest BCUT2D eigenvalue weighted by Crippen LogP contribution is -2.07. The Balaban J connectivity index is 2.17. The number of nitrogens with one attached hydrogen (secondary N) is 2. The van der Waals surface area contributed by atoms with Crippen LogP contribution in [0.15, 0.2) is 36.8 Å². The third kappa shape index (κ3) is 2.23. The van der Waals surface area contributed by atoms with Crippen molar-refractivity contribution in [3.05, 3.63) is 42.4 Å². The Morgan fingerprint density at radius 3 is 3.00 bits per heavy atom. The summed E-state index contributed by atoms with van der Waals surface area (Å²) < 4.78 is 0. The van der Waals surface area contributed by atoms with E-state index in [1.54, 1.807) is 6.20 Å². The van der Waals surface area contributed by atoms with Crippen LogP contribution in [0, 0.1) is 6.92 Å². The molecule has 0 aliphatic rings. The van der Waals surface area contributed by atoms with Crippen molar-refractivity contribution >= 4 is 16.9 Å². The number of anilines is 1. The SMILES string of the molecule is Cc1cnccc1-c1cc(NCCO)nc2[nH]ccc12. The molecule has 3 N–H and O–H groups in total. The minimum Gasteiger partial charge on any atom is -0.395 e. The van der Waals surface area contributed by atoms with Crippen LogP contribution in [-0.2, 0) is 0 Å². The van der Waals surface area contributed by atoms with Crippen LogP contribution in [0.1, 0.15) is 5.56 Å². The maximum atomic E-state index is 8.92. The molecule has 0 amide bonds. The Morgan fingerprint density at radius 1 is 1.30 bits per heavy atom. The van der Waals surface area contributed by atoms with E-state index >= 15 is 0 Å². The van der Waals surface area contributed by atoms with Gasteiger partial charge in [0.2, 0.25) is 0 Å². The summed E-state index contributed by atoms with van der Waals surface area (Å²) in [5, 5.41) is 13.1. The van der Waals surface area contributed by atoms with Crippen molar-refractivity contribution in [3.8, 4) is 11.1 Å². The monoisotopic (exact) mass is 268 g/mol. The van der Waals surface area contributed by atoms with Crippen molar-refractivity contribution in [2.45, 2.75) is 6.92 Å². The summed E-state index contributed by atoms with van der Waals surface area (Å²) >= 11 is 0. The number of rotatable bonds is 4. The number of aromatic amines is 1. The number of aromatic nitrogens is 3. The van der Waals surface area contributed by atoms with Crippen molar-refractivity contribution in [2.75, 3.05) is 18.5 Å². The van der Waals surface area contributed by atoms with Gasteiger partial charge >= 0.3 is 0 Å². The molecule has 0 aliphatic heterocycles. The second-order valence-electron chi connectivity index (χ2n) is 4.64. The van der Waals surface area contributed by atoms with Gasteiger partial charge in [0.25, 0.3) is 0 Å². The first-order chi connectivity index (χ1) is 9.79. The van der Waals surface area contributed by atoms with Crippen molar-refractivity contribution in [1.82, 2.24) is 15.0 Å². The molecule has 0 radical (unpaired) electrons. The Morgan fingerprint density at radius 2 is 2.20 bits per heavy atom. The number of H-pyrrole nitrogens is 1. The van der Waals surface area contributed by atoms with Crippen LogP contribution in [0.3, 0.4) is 0 Å². The van der Waals surface area contributed by atoms with Crippen LogP contribution < -0.4 is 5.32 Å². The standard InChI is InChI=1S/C15H16N4O/c1-10-9-16-4-2-11(10)13-8-14(17-6-7-20)19-15-12(13)3-5-18-15/h2-5,8-9,20H,6-7H2,1H3,(H2,17,18,19). The van der Waals surface area contributed by atoms with Gasteiger partial charge in [-0.15, -0.1) is 0 Å². The zero-order valence-corrected chi connectivity index (χ0v) is 11.2. The zero-order valence-electron chi connectivity index (χ0n) is 11.2. The Kier molecular flexibility index (Phi) is 3.35. The van der Waals surface area contributed by atoms with Crippen LogP contribution in [0.2, 0.25) is 0 Å². The first-order valence-corrected chi connectivity index (χ1v) is 6.53. The van der Waals surface area contributed by atoms with E-state index in [-0.39, 0.29) is 6.61 Å². The Bertz CT molecular complexity index is 736. The molecule has 3 rings (SSSR count). The molecule has 0 atom stereocenters. The number of aliphatic hydroxyl groups is 1. The second-order valence-corrected chi connectivity index (χ2v) is 4.64. The topological polar surface area (TPSA) is 73.8 Å². The first-order valence-electron chi connectivity index (χ1n) is 6.53. The molecule has 3 heterocycles. The summed E-state index contributed by atoms with van der Waals surface area (Å²) in [6, 6.07) is 6.04. The van der Waals surface area contributed by atoms with Gasteiger partial charge in [-0.2, -0.15) is 0 Å². The van der Waals surface area contributed by atoms with Crippen molar-refractivity contribution in [3.63, 3.8) is 0 Å². The minimum atomic E-state index is 0.0774. The third-order valence-corrected chi connectivity index (χ3v) is 3.26. The van der Waals surface area contributed by atoms with Crippen LogP contribution in [0.25, 0.3) is 22.2 Å². The van der Waals surface area contributed by atoms with Crippen molar-refractivity contribution < 1.29 is 5.11 Å². The quantitative estimate of drug-likeness (QED) is 0.679. The van der Waals surface area contributed by atoms with E-state index in [1.165, 1.54) is 0 Å². The Labute approximate surface area is 116 Å². The van der Waals surface area contributed by atoms with E-state index in [1.807, 2.05) is 37.5 Å². The highest BCUT2D eigenvalue weighted by Crippen LogP contribution is 2.31. The van der Waals surface area contributed by atoms with Crippen LogP contribution in [0.4, 0.5) is 5.82 Å². The minimum absolute atomic E-state index is 0.0774. The van der Waals surface area contributed by atoms with Gasteiger partial charge in [0.05, 0.1) is 6.61 Å². The highest BCUT2D eigenvalue weighted by atomic mass is 16.3. The molecule has 0 bridgehead atoms. The molecule has 20 heavy (non-hydrogen) atoms. The van der Waals surface area contributed by atoms with E-state index in [0.29, 0.717) is 6.54 Å². The molecule has 0 fully saturated rings. The number of hydrogen-bond acceptors (Lipinski definition) is 4. The van der Waals surface area contributed by atoms with Gasteiger partial charge in [0.1, 0.15) is 11.5 Å². The average Bonchev–Trinajstić information content (AvgIpc) is 2.93. The summed E-state index contributed by atoms with van der Waals surface area (Å²) in [5.41, 5.74) is 4.20. The van der Waals surface area contributed by atoms with E-state index in [4.69, 9.17) is 5.11 Å². The van der Waals surface area contributed by atoms with Crippen LogP contribution in [-0.4, -0.2) is 33.2 Å². The lowest BCUT2D eigenvalue weighted by atomic mass is 10.0. The number of nitrogens with zero attached hydrogens (tertiary/aromatic N) is 2. The molecule has 0 aromatic carbocycles. The maximum absolute atomic E-state index is 8.92. The van der Waals surface area contributed by atoms with Crippen molar-refractivity contribution in [1.29, 1.82) is 0 Å². The van der Waals surface area contributed by atoms with Gasteiger partial charge in [-0.1, -0.05) is 0 Å². The lowest BCUT2D eigenvalue weighted by Gasteiger charge is -2.10. The van der Waals surface area contributed by atoms with Crippen molar-refractivity contribution in [2.24, 2.45) is 0 Å². The molecular formula is C15H16N4O. The summed E-state index contributed by atoms with van der Waals surface area (Å²) in [6.07, 6.45) is 5.53. The number of fused-ring (bicyclic) bond motifs is 1. The van der Waals surface area contributed by atoms with E-state index in [0.717, 1.165) is 33.5 Å². The molecular weight excluding hydrogens is 252 g/mol. The van der Waals surface area contributed by atoms with Gasteiger partial charge in [0, 0.05) is 30.5 Å². The van der Waals surface area contributed by atoms with Gasteiger partial charge in [-0.25, -0.2) is 4.98 Å². The number of pyridine rings is 2.